The fourth-order valence-corrected chi connectivity index (χ4v) is 1.73. The van der Waals surface area contributed by atoms with Crippen LogP contribution < -0.4 is 10.9 Å². The molecule has 1 aromatic heterocycles. The van der Waals surface area contributed by atoms with Gasteiger partial charge in [0.05, 0.1) is 5.60 Å². The fourth-order valence-electron chi connectivity index (χ4n) is 1.73. The Bertz CT molecular complexity index is 601. The second kappa shape index (κ2) is 7.22. The molecule has 1 atom stereocenters. The van der Waals surface area contributed by atoms with Crippen LogP contribution in [0.25, 0.3) is 0 Å². The van der Waals surface area contributed by atoms with E-state index in [9.17, 15) is 14.4 Å². The lowest BCUT2D eigenvalue weighted by molar-refractivity contribution is -0.140. The Labute approximate surface area is 128 Å². The monoisotopic (exact) mass is 310 g/mol. The highest BCUT2D eigenvalue weighted by Crippen LogP contribution is 2.08. The summed E-state index contributed by atoms with van der Waals surface area (Å²) in [6, 6.07) is 1.83. The number of H-pyrrole nitrogens is 1. The summed E-state index contributed by atoms with van der Waals surface area (Å²) in [4.78, 5) is 37.4. The molecule has 0 bridgehead atoms. The summed E-state index contributed by atoms with van der Waals surface area (Å²) in [6.07, 6.45) is 0.113. The molecule has 7 heteroatoms. The highest BCUT2D eigenvalue weighted by molar-refractivity contribution is 5.96. The zero-order valence-corrected chi connectivity index (χ0v) is 13.2. The average molecular weight is 310 g/mol. The Morgan fingerprint density at radius 1 is 1.36 bits per heavy atom. The van der Waals surface area contributed by atoms with Crippen molar-refractivity contribution in [3.8, 4) is 0 Å². The van der Waals surface area contributed by atoms with Gasteiger partial charge in [0.2, 0.25) is 0 Å². The molecule has 3 N–H and O–H groups in total. The number of amides is 1. The van der Waals surface area contributed by atoms with Crippen LogP contribution in [-0.4, -0.2) is 40.2 Å². The number of rotatable bonds is 6. The minimum atomic E-state index is -1.17. The molecule has 0 saturated carbocycles. The maximum Gasteiger partial charge on any atom is 0.326 e. The first-order chi connectivity index (χ1) is 10.1. The molecule has 1 rings (SSSR count). The van der Waals surface area contributed by atoms with Gasteiger partial charge in [0.1, 0.15) is 11.6 Å². The Balaban J connectivity index is 2.72. The van der Waals surface area contributed by atoms with Crippen LogP contribution >= 0.6 is 0 Å². The van der Waals surface area contributed by atoms with E-state index in [4.69, 9.17) is 9.84 Å². The molecule has 122 valence electrons. The van der Waals surface area contributed by atoms with Crippen molar-refractivity contribution < 1.29 is 19.4 Å². The van der Waals surface area contributed by atoms with Gasteiger partial charge < -0.3 is 20.1 Å². The lowest BCUT2D eigenvalue weighted by atomic mass is 10.1. The molecule has 1 amide bonds. The Morgan fingerprint density at radius 3 is 2.50 bits per heavy atom. The maximum atomic E-state index is 12.0. The number of carboxylic acid groups (broad SMARTS) is 1. The zero-order chi connectivity index (χ0) is 16.9. The van der Waals surface area contributed by atoms with E-state index in [2.05, 4.69) is 10.3 Å². The SMILES string of the molecule is Cc1ccc(C(=O)NC(CCOC(C)(C)C)C(=O)O)c(=O)[nH]1. The molecule has 1 heterocycles. The molecule has 0 fully saturated rings. The molecule has 22 heavy (non-hydrogen) atoms. The first-order valence-electron chi connectivity index (χ1n) is 6.98. The smallest absolute Gasteiger partial charge is 0.326 e. The van der Waals surface area contributed by atoms with E-state index in [-0.39, 0.29) is 24.2 Å². The number of ether oxygens (including phenoxy) is 1. The molecular weight excluding hydrogens is 288 g/mol. The summed E-state index contributed by atoms with van der Waals surface area (Å²) < 4.78 is 5.45. The van der Waals surface area contributed by atoms with Crippen molar-refractivity contribution in [3.05, 3.63) is 33.7 Å². The third kappa shape index (κ3) is 5.69. The second-order valence-electron chi connectivity index (χ2n) is 6.00. The van der Waals surface area contributed by atoms with E-state index in [1.165, 1.54) is 6.07 Å². The van der Waals surface area contributed by atoms with Crippen molar-refractivity contribution in [2.24, 2.45) is 0 Å². The second-order valence-corrected chi connectivity index (χ2v) is 6.00. The van der Waals surface area contributed by atoms with Crippen molar-refractivity contribution in [1.82, 2.24) is 10.3 Å². The Morgan fingerprint density at radius 2 is 2.00 bits per heavy atom. The van der Waals surface area contributed by atoms with E-state index in [1.807, 2.05) is 20.8 Å². The van der Waals surface area contributed by atoms with Gasteiger partial charge in [0.25, 0.3) is 11.5 Å². The number of nitrogens with one attached hydrogen (secondary N) is 2. The van der Waals surface area contributed by atoms with Crippen molar-refractivity contribution in [2.75, 3.05) is 6.61 Å². The predicted molar refractivity (Wildman–Crippen MR) is 81.0 cm³/mol. The van der Waals surface area contributed by atoms with Gasteiger partial charge in [0, 0.05) is 18.7 Å². The molecule has 0 aliphatic carbocycles. The van der Waals surface area contributed by atoms with Gasteiger partial charge in [-0.05, 0) is 39.8 Å². The maximum absolute atomic E-state index is 12.0. The number of pyridine rings is 1. The molecule has 0 radical (unpaired) electrons. The summed E-state index contributed by atoms with van der Waals surface area (Å²) >= 11 is 0. The lowest BCUT2D eigenvalue weighted by Crippen LogP contribution is -2.43. The Kier molecular flexibility index (Phi) is 5.87. The van der Waals surface area contributed by atoms with Gasteiger partial charge in [-0.1, -0.05) is 0 Å². The molecule has 7 nitrogen and oxygen atoms in total. The highest BCUT2D eigenvalue weighted by atomic mass is 16.5. The largest absolute Gasteiger partial charge is 0.480 e. The minimum absolute atomic E-state index is 0.113. The van der Waals surface area contributed by atoms with Gasteiger partial charge in [-0.3, -0.25) is 9.59 Å². The number of aryl methyl sites for hydroxylation is 1. The van der Waals surface area contributed by atoms with E-state index in [1.54, 1.807) is 13.0 Å². The normalized spacial score (nSPS) is 12.7. The van der Waals surface area contributed by atoms with Crippen LogP contribution in [0, 0.1) is 6.92 Å². The van der Waals surface area contributed by atoms with Crippen LogP contribution in [0.15, 0.2) is 16.9 Å². The summed E-state index contributed by atoms with van der Waals surface area (Å²) in [5, 5.41) is 11.5. The van der Waals surface area contributed by atoms with Crippen LogP contribution in [0.5, 0.6) is 0 Å². The molecule has 0 aliphatic rings. The first-order valence-corrected chi connectivity index (χ1v) is 6.98. The van der Waals surface area contributed by atoms with E-state index >= 15 is 0 Å². The minimum Gasteiger partial charge on any atom is -0.480 e. The van der Waals surface area contributed by atoms with Gasteiger partial charge in [0.15, 0.2) is 0 Å². The number of aromatic nitrogens is 1. The van der Waals surface area contributed by atoms with E-state index in [0.717, 1.165) is 0 Å². The van der Waals surface area contributed by atoms with Crippen molar-refractivity contribution >= 4 is 11.9 Å². The number of carbonyl (C=O) groups is 2. The quantitative estimate of drug-likeness (QED) is 0.728. The van der Waals surface area contributed by atoms with Gasteiger partial charge in [-0.2, -0.15) is 0 Å². The molecular formula is C15H22N2O5. The fraction of sp³-hybridized carbons (Fsp3) is 0.533. The summed E-state index contributed by atoms with van der Waals surface area (Å²) in [6.45, 7) is 7.44. The molecule has 0 spiro atoms. The number of hydrogen-bond donors (Lipinski definition) is 3. The van der Waals surface area contributed by atoms with Gasteiger partial charge in [-0.25, -0.2) is 4.79 Å². The summed E-state index contributed by atoms with van der Waals surface area (Å²) in [5.41, 5.74) is -0.433. The van der Waals surface area contributed by atoms with E-state index in [0.29, 0.717) is 5.69 Å². The Hall–Kier alpha value is -2.15. The summed E-state index contributed by atoms with van der Waals surface area (Å²) in [7, 11) is 0. The first kappa shape index (κ1) is 17.9. The predicted octanol–water partition coefficient (Wildman–Crippen LogP) is 1.07. The topological polar surface area (TPSA) is 108 Å². The number of aliphatic carboxylic acids is 1. The zero-order valence-electron chi connectivity index (χ0n) is 13.2. The van der Waals surface area contributed by atoms with Crippen molar-refractivity contribution in [2.45, 2.75) is 45.8 Å². The number of aromatic amines is 1. The van der Waals surface area contributed by atoms with E-state index < -0.39 is 23.5 Å². The van der Waals surface area contributed by atoms with Crippen LogP contribution in [0.1, 0.15) is 43.2 Å². The number of carbonyl (C=O) groups excluding carboxylic acids is 1. The van der Waals surface area contributed by atoms with Crippen LogP contribution in [0.2, 0.25) is 0 Å². The van der Waals surface area contributed by atoms with Crippen LogP contribution in [0.4, 0.5) is 0 Å². The molecule has 1 unspecified atom stereocenters. The van der Waals surface area contributed by atoms with Crippen LogP contribution in [-0.2, 0) is 9.53 Å². The van der Waals surface area contributed by atoms with Gasteiger partial charge >= 0.3 is 5.97 Å². The number of hydrogen-bond acceptors (Lipinski definition) is 4. The molecule has 0 saturated heterocycles. The van der Waals surface area contributed by atoms with Crippen LogP contribution in [0.3, 0.4) is 0 Å². The summed E-state index contributed by atoms with van der Waals surface area (Å²) in [5.74, 6) is -1.89. The van der Waals surface area contributed by atoms with Crippen molar-refractivity contribution in [1.29, 1.82) is 0 Å². The standard InChI is InChI=1S/C15H22N2O5/c1-9-5-6-10(12(18)16-9)13(19)17-11(14(20)21)7-8-22-15(2,3)4/h5-6,11H,7-8H2,1-4H3,(H,16,18)(H,17,19)(H,20,21). The lowest BCUT2D eigenvalue weighted by Gasteiger charge is -2.21. The number of carboxylic acids is 1. The van der Waals surface area contributed by atoms with Crippen molar-refractivity contribution in [3.63, 3.8) is 0 Å². The molecule has 0 aliphatic heterocycles. The third-order valence-corrected chi connectivity index (χ3v) is 2.84. The molecule has 1 aromatic rings. The third-order valence-electron chi connectivity index (χ3n) is 2.84. The van der Waals surface area contributed by atoms with Gasteiger partial charge in [-0.15, -0.1) is 0 Å². The molecule has 0 aromatic carbocycles. The average Bonchev–Trinajstić information content (AvgIpc) is 2.35. The highest BCUT2D eigenvalue weighted by Gasteiger charge is 2.23.